The fourth-order valence-electron chi connectivity index (χ4n) is 2.08. The molecule has 1 aliphatic heterocycles. The molecule has 1 fully saturated rings. The van der Waals surface area contributed by atoms with Gasteiger partial charge in [0.1, 0.15) is 5.60 Å². The summed E-state index contributed by atoms with van der Waals surface area (Å²) in [5.74, 6) is 1.17. The van der Waals surface area contributed by atoms with Crippen molar-refractivity contribution in [2.75, 3.05) is 20.3 Å². The van der Waals surface area contributed by atoms with Crippen molar-refractivity contribution in [3.8, 4) is 6.07 Å². The van der Waals surface area contributed by atoms with Crippen LogP contribution in [0.2, 0.25) is 0 Å². The van der Waals surface area contributed by atoms with Crippen LogP contribution in [0.5, 0.6) is 0 Å². The van der Waals surface area contributed by atoms with E-state index in [1.807, 2.05) is 0 Å². The summed E-state index contributed by atoms with van der Waals surface area (Å²) in [6.07, 6.45) is 3.35. The number of nitriles is 1. The molecular formula is C12H17N3O3. The van der Waals surface area contributed by atoms with Crippen molar-refractivity contribution in [3.63, 3.8) is 0 Å². The predicted molar refractivity (Wildman–Crippen MR) is 61.6 cm³/mol. The van der Waals surface area contributed by atoms with E-state index < -0.39 is 5.60 Å². The molecule has 1 aliphatic rings. The predicted octanol–water partition coefficient (Wildman–Crippen LogP) is 1.57. The Kier molecular flexibility index (Phi) is 4.28. The molecular weight excluding hydrogens is 234 g/mol. The molecule has 1 saturated heterocycles. The summed E-state index contributed by atoms with van der Waals surface area (Å²) in [7, 11) is 1.66. The highest BCUT2D eigenvalue weighted by Crippen LogP contribution is 2.33. The van der Waals surface area contributed by atoms with Crippen molar-refractivity contribution in [3.05, 3.63) is 11.7 Å². The molecule has 0 saturated carbocycles. The number of hydrogen-bond acceptors (Lipinski definition) is 6. The Hall–Kier alpha value is -1.45. The first-order valence-corrected chi connectivity index (χ1v) is 6.14. The molecule has 0 aliphatic carbocycles. The van der Waals surface area contributed by atoms with Crippen molar-refractivity contribution in [2.45, 2.75) is 37.7 Å². The van der Waals surface area contributed by atoms with Gasteiger partial charge in [0.15, 0.2) is 0 Å². The molecule has 2 heterocycles. The fourth-order valence-corrected chi connectivity index (χ4v) is 2.08. The average molecular weight is 251 g/mol. The van der Waals surface area contributed by atoms with Crippen molar-refractivity contribution in [1.82, 2.24) is 10.1 Å². The van der Waals surface area contributed by atoms with Crippen LogP contribution >= 0.6 is 0 Å². The van der Waals surface area contributed by atoms with Crippen LogP contribution < -0.4 is 0 Å². The number of nitrogens with zero attached hydrogens (tertiary/aromatic N) is 3. The highest BCUT2D eigenvalue weighted by atomic mass is 16.5. The van der Waals surface area contributed by atoms with Crippen LogP contribution in [0.4, 0.5) is 0 Å². The van der Waals surface area contributed by atoms with Gasteiger partial charge in [0.2, 0.25) is 11.7 Å². The highest BCUT2D eigenvalue weighted by molar-refractivity contribution is 5.03. The van der Waals surface area contributed by atoms with Gasteiger partial charge in [0.25, 0.3) is 0 Å². The van der Waals surface area contributed by atoms with E-state index in [4.69, 9.17) is 19.3 Å². The molecule has 0 bridgehead atoms. The molecule has 6 heteroatoms. The normalized spacial score (nSPS) is 18.4. The molecule has 0 aromatic carbocycles. The van der Waals surface area contributed by atoms with Crippen molar-refractivity contribution >= 4 is 0 Å². The largest absolute Gasteiger partial charge is 0.381 e. The maximum Gasteiger partial charge on any atom is 0.226 e. The summed E-state index contributed by atoms with van der Waals surface area (Å²) in [5, 5.41) is 12.5. The van der Waals surface area contributed by atoms with E-state index in [0.717, 1.165) is 19.3 Å². The standard InChI is InChI=1S/C12H17N3O3/c1-16-12(5-8-17-9-6-12)11-14-10(18-15-11)4-2-3-7-13/h2-6,8-9H2,1H3. The fraction of sp³-hybridized carbons (Fsp3) is 0.750. The molecule has 0 radical (unpaired) electrons. The Morgan fingerprint density at radius 2 is 2.22 bits per heavy atom. The van der Waals surface area contributed by atoms with Gasteiger partial charge in [-0.3, -0.25) is 0 Å². The Bertz CT molecular complexity index is 418. The minimum absolute atomic E-state index is 0.477. The highest BCUT2D eigenvalue weighted by Gasteiger charge is 2.39. The third-order valence-corrected chi connectivity index (χ3v) is 3.25. The van der Waals surface area contributed by atoms with Crippen molar-refractivity contribution in [2.24, 2.45) is 0 Å². The number of methoxy groups -OCH3 is 1. The SMILES string of the molecule is COC1(c2noc(CCCC#N)n2)CCOCC1. The van der Waals surface area contributed by atoms with Gasteiger partial charge in [0.05, 0.1) is 6.07 Å². The molecule has 0 spiro atoms. The van der Waals surface area contributed by atoms with Gasteiger partial charge < -0.3 is 14.0 Å². The second-order valence-corrected chi connectivity index (χ2v) is 4.33. The summed E-state index contributed by atoms with van der Waals surface area (Å²) < 4.78 is 16.1. The molecule has 18 heavy (non-hydrogen) atoms. The van der Waals surface area contributed by atoms with Gasteiger partial charge in [-0.05, 0) is 6.42 Å². The van der Waals surface area contributed by atoms with Crippen LogP contribution in [-0.2, 0) is 21.5 Å². The number of aromatic nitrogens is 2. The molecule has 2 rings (SSSR count). The lowest BCUT2D eigenvalue weighted by atomic mass is 9.93. The van der Waals surface area contributed by atoms with E-state index in [1.54, 1.807) is 7.11 Å². The van der Waals surface area contributed by atoms with Gasteiger partial charge in [-0.15, -0.1) is 0 Å². The number of aryl methyl sites for hydroxylation is 1. The Labute approximate surface area is 106 Å². The van der Waals surface area contributed by atoms with Crippen LogP contribution in [0, 0.1) is 11.3 Å². The van der Waals surface area contributed by atoms with Crippen LogP contribution in [-0.4, -0.2) is 30.5 Å². The molecule has 98 valence electrons. The first-order valence-electron chi connectivity index (χ1n) is 6.14. The van der Waals surface area contributed by atoms with Crippen LogP contribution in [0.15, 0.2) is 4.52 Å². The van der Waals surface area contributed by atoms with Crippen LogP contribution in [0.25, 0.3) is 0 Å². The minimum Gasteiger partial charge on any atom is -0.381 e. The Balaban J connectivity index is 2.05. The molecule has 6 nitrogen and oxygen atoms in total. The van der Waals surface area contributed by atoms with Crippen molar-refractivity contribution in [1.29, 1.82) is 5.26 Å². The number of rotatable bonds is 5. The van der Waals surface area contributed by atoms with Gasteiger partial charge in [-0.1, -0.05) is 5.16 Å². The molecule has 0 unspecified atom stereocenters. The summed E-state index contributed by atoms with van der Waals surface area (Å²) in [4.78, 5) is 4.38. The summed E-state index contributed by atoms with van der Waals surface area (Å²) in [6.45, 7) is 1.29. The van der Waals surface area contributed by atoms with Gasteiger partial charge in [-0.25, -0.2) is 0 Å². The van der Waals surface area contributed by atoms with E-state index in [1.165, 1.54) is 0 Å². The summed E-state index contributed by atoms with van der Waals surface area (Å²) >= 11 is 0. The van der Waals surface area contributed by atoms with Gasteiger partial charge >= 0.3 is 0 Å². The smallest absolute Gasteiger partial charge is 0.226 e. The molecule has 0 amide bonds. The molecule has 1 aromatic heterocycles. The van der Waals surface area contributed by atoms with E-state index in [0.29, 0.717) is 37.8 Å². The maximum atomic E-state index is 8.48. The Morgan fingerprint density at radius 3 is 2.89 bits per heavy atom. The lowest BCUT2D eigenvalue weighted by Gasteiger charge is -2.32. The first kappa shape index (κ1) is 13.0. The molecule has 0 N–H and O–H groups in total. The number of ether oxygens (including phenoxy) is 2. The maximum absolute atomic E-state index is 8.48. The zero-order valence-corrected chi connectivity index (χ0v) is 10.5. The molecule has 1 aromatic rings. The van der Waals surface area contributed by atoms with E-state index in [-0.39, 0.29) is 0 Å². The molecule has 0 atom stereocenters. The average Bonchev–Trinajstić information content (AvgIpc) is 2.89. The van der Waals surface area contributed by atoms with Crippen molar-refractivity contribution < 1.29 is 14.0 Å². The second-order valence-electron chi connectivity index (χ2n) is 4.33. The third kappa shape index (κ3) is 2.68. The summed E-state index contributed by atoms with van der Waals surface area (Å²) in [5.41, 5.74) is -0.477. The van der Waals surface area contributed by atoms with Gasteiger partial charge in [-0.2, -0.15) is 10.2 Å². The zero-order chi connectivity index (χ0) is 12.8. The lowest BCUT2D eigenvalue weighted by Crippen LogP contribution is -2.36. The van der Waals surface area contributed by atoms with Gasteiger partial charge in [0, 0.05) is 46.0 Å². The lowest BCUT2D eigenvalue weighted by molar-refractivity contribution is -0.101. The first-order chi connectivity index (χ1) is 8.80. The van der Waals surface area contributed by atoms with E-state index in [2.05, 4.69) is 16.2 Å². The van der Waals surface area contributed by atoms with Crippen LogP contribution in [0.1, 0.15) is 37.4 Å². The van der Waals surface area contributed by atoms with E-state index >= 15 is 0 Å². The Morgan fingerprint density at radius 1 is 1.44 bits per heavy atom. The number of unbranched alkanes of at least 4 members (excludes halogenated alkanes) is 1. The third-order valence-electron chi connectivity index (χ3n) is 3.25. The number of hydrogen-bond donors (Lipinski definition) is 0. The summed E-state index contributed by atoms with van der Waals surface area (Å²) in [6, 6.07) is 2.10. The van der Waals surface area contributed by atoms with Crippen LogP contribution in [0.3, 0.4) is 0 Å². The van der Waals surface area contributed by atoms with E-state index in [9.17, 15) is 0 Å². The topological polar surface area (TPSA) is 81.2 Å². The zero-order valence-electron chi connectivity index (χ0n) is 10.5. The quantitative estimate of drug-likeness (QED) is 0.739. The second kappa shape index (κ2) is 5.94. The monoisotopic (exact) mass is 251 g/mol. The minimum atomic E-state index is -0.477.